The molecule has 13 heavy (non-hydrogen) atoms. The third-order valence-corrected chi connectivity index (χ3v) is 2.18. The van der Waals surface area contributed by atoms with Gasteiger partial charge in [0.25, 0.3) is 5.56 Å². The van der Waals surface area contributed by atoms with Gasteiger partial charge in [0.1, 0.15) is 0 Å². The van der Waals surface area contributed by atoms with Crippen molar-refractivity contribution in [1.29, 1.82) is 0 Å². The maximum absolute atomic E-state index is 11.5. The molecule has 0 atom stereocenters. The second-order valence-corrected chi connectivity index (χ2v) is 3.46. The summed E-state index contributed by atoms with van der Waals surface area (Å²) in [6.45, 7) is 3.88. The Hall–Kier alpha value is -1.09. The Bertz CT molecular complexity index is 352. The van der Waals surface area contributed by atoms with Crippen LogP contribution in [-0.2, 0) is 13.7 Å². The summed E-state index contributed by atoms with van der Waals surface area (Å²) in [5, 5.41) is 8.86. The first kappa shape index (κ1) is 9.99. The second-order valence-electron chi connectivity index (χ2n) is 3.46. The average molecular weight is 181 g/mol. The van der Waals surface area contributed by atoms with Crippen LogP contribution in [0.4, 0.5) is 0 Å². The molecule has 3 nitrogen and oxygen atoms in total. The first-order valence-corrected chi connectivity index (χ1v) is 4.37. The van der Waals surface area contributed by atoms with Gasteiger partial charge in [0, 0.05) is 18.3 Å². The molecular weight excluding hydrogens is 166 g/mol. The summed E-state index contributed by atoms with van der Waals surface area (Å²) in [6.07, 6.45) is 0. The van der Waals surface area contributed by atoms with Crippen molar-refractivity contribution in [3.8, 4) is 0 Å². The minimum absolute atomic E-state index is 0.103. The van der Waals surface area contributed by atoms with E-state index < -0.39 is 0 Å². The Kier molecular flexibility index (Phi) is 2.88. The van der Waals surface area contributed by atoms with Crippen LogP contribution in [0.25, 0.3) is 0 Å². The molecule has 72 valence electrons. The van der Waals surface area contributed by atoms with Crippen molar-refractivity contribution in [2.75, 3.05) is 0 Å². The highest BCUT2D eigenvalue weighted by atomic mass is 16.3. The molecule has 0 amide bonds. The molecule has 0 radical (unpaired) electrons. The molecule has 0 aromatic carbocycles. The van der Waals surface area contributed by atoms with Crippen molar-refractivity contribution in [2.24, 2.45) is 7.05 Å². The van der Waals surface area contributed by atoms with E-state index in [-0.39, 0.29) is 12.2 Å². The van der Waals surface area contributed by atoms with Gasteiger partial charge in [-0.1, -0.05) is 13.8 Å². The molecular formula is C10H15NO2. The Morgan fingerprint density at radius 1 is 1.46 bits per heavy atom. The summed E-state index contributed by atoms with van der Waals surface area (Å²) in [5.74, 6) is 0.324. The van der Waals surface area contributed by atoms with Crippen LogP contribution in [0.1, 0.15) is 31.0 Å². The van der Waals surface area contributed by atoms with Crippen molar-refractivity contribution in [1.82, 2.24) is 4.57 Å². The smallest absolute Gasteiger partial charge is 0.256 e. The maximum Gasteiger partial charge on any atom is 0.256 e. The van der Waals surface area contributed by atoms with Gasteiger partial charge in [-0.05, 0) is 18.1 Å². The molecule has 0 aliphatic heterocycles. The fraction of sp³-hybridized carbons (Fsp3) is 0.500. The largest absolute Gasteiger partial charge is 0.391 e. The average Bonchev–Trinajstić information content (AvgIpc) is 2.09. The number of hydrogen-bond acceptors (Lipinski definition) is 2. The minimum Gasteiger partial charge on any atom is -0.391 e. The molecule has 1 aromatic heterocycles. The van der Waals surface area contributed by atoms with Gasteiger partial charge in [0.15, 0.2) is 0 Å². The number of nitrogens with zero attached hydrogens (tertiary/aromatic N) is 1. The van der Waals surface area contributed by atoms with E-state index in [0.717, 1.165) is 5.69 Å². The topological polar surface area (TPSA) is 42.2 Å². The highest BCUT2D eigenvalue weighted by Crippen LogP contribution is 2.11. The summed E-state index contributed by atoms with van der Waals surface area (Å²) in [4.78, 5) is 11.5. The van der Waals surface area contributed by atoms with Crippen molar-refractivity contribution in [3.63, 3.8) is 0 Å². The van der Waals surface area contributed by atoms with Crippen LogP contribution >= 0.6 is 0 Å². The molecule has 0 unspecified atom stereocenters. The van der Waals surface area contributed by atoms with E-state index in [1.807, 2.05) is 19.9 Å². The summed E-state index contributed by atoms with van der Waals surface area (Å²) >= 11 is 0. The highest BCUT2D eigenvalue weighted by molar-refractivity contribution is 5.17. The number of rotatable bonds is 2. The van der Waals surface area contributed by atoms with Crippen LogP contribution in [0.15, 0.2) is 16.9 Å². The Morgan fingerprint density at radius 2 is 2.08 bits per heavy atom. The number of aliphatic hydroxyl groups excluding tert-OH is 1. The molecule has 0 fully saturated rings. The number of aromatic nitrogens is 1. The van der Waals surface area contributed by atoms with Crippen LogP contribution in [0.3, 0.4) is 0 Å². The summed E-state index contributed by atoms with van der Waals surface area (Å²) < 4.78 is 1.59. The fourth-order valence-corrected chi connectivity index (χ4v) is 1.40. The Balaban J connectivity index is 3.32. The zero-order valence-electron chi connectivity index (χ0n) is 8.24. The lowest BCUT2D eigenvalue weighted by atomic mass is 10.1. The minimum atomic E-state index is -0.189. The van der Waals surface area contributed by atoms with E-state index >= 15 is 0 Å². The van der Waals surface area contributed by atoms with Gasteiger partial charge in [0.05, 0.1) is 6.61 Å². The van der Waals surface area contributed by atoms with E-state index in [2.05, 4.69) is 0 Å². The van der Waals surface area contributed by atoms with Gasteiger partial charge in [-0.3, -0.25) is 4.79 Å². The van der Waals surface area contributed by atoms with Crippen LogP contribution in [-0.4, -0.2) is 9.67 Å². The van der Waals surface area contributed by atoms with Gasteiger partial charge < -0.3 is 9.67 Å². The molecule has 0 bridgehead atoms. The Labute approximate surface area is 77.6 Å². The lowest BCUT2D eigenvalue weighted by Gasteiger charge is -2.11. The summed E-state index contributed by atoms with van der Waals surface area (Å²) in [6, 6.07) is 3.58. The lowest BCUT2D eigenvalue weighted by Crippen LogP contribution is -2.24. The SMILES string of the molecule is CC(C)c1ccc(CO)c(=O)n1C. The quantitative estimate of drug-likeness (QED) is 0.739. The first-order chi connectivity index (χ1) is 6.07. The zero-order valence-corrected chi connectivity index (χ0v) is 8.24. The van der Waals surface area contributed by atoms with Crippen LogP contribution in [0.5, 0.6) is 0 Å². The highest BCUT2D eigenvalue weighted by Gasteiger charge is 2.06. The molecule has 0 spiro atoms. The third kappa shape index (κ3) is 1.80. The van der Waals surface area contributed by atoms with Gasteiger partial charge in [-0.25, -0.2) is 0 Å². The van der Waals surface area contributed by atoms with Crippen molar-refractivity contribution >= 4 is 0 Å². The van der Waals surface area contributed by atoms with E-state index in [9.17, 15) is 4.79 Å². The van der Waals surface area contributed by atoms with Crippen LogP contribution < -0.4 is 5.56 Å². The molecule has 0 aliphatic carbocycles. The lowest BCUT2D eigenvalue weighted by molar-refractivity contribution is 0.279. The van der Waals surface area contributed by atoms with Crippen LogP contribution in [0.2, 0.25) is 0 Å². The number of aliphatic hydroxyl groups is 1. The molecule has 1 N–H and O–H groups in total. The molecule has 1 heterocycles. The van der Waals surface area contributed by atoms with E-state index in [0.29, 0.717) is 11.5 Å². The standard InChI is InChI=1S/C10H15NO2/c1-7(2)9-5-4-8(6-12)10(13)11(9)3/h4-5,7,12H,6H2,1-3H3. The van der Waals surface area contributed by atoms with E-state index in [1.165, 1.54) is 0 Å². The van der Waals surface area contributed by atoms with E-state index in [4.69, 9.17) is 5.11 Å². The van der Waals surface area contributed by atoms with Crippen LogP contribution in [0, 0.1) is 0 Å². The molecule has 1 rings (SSSR count). The predicted molar refractivity (Wildman–Crippen MR) is 51.7 cm³/mol. The Morgan fingerprint density at radius 3 is 2.54 bits per heavy atom. The summed E-state index contributed by atoms with van der Waals surface area (Å²) in [5.41, 5.74) is 1.34. The molecule has 0 saturated carbocycles. The van der Waals surface area contributed by atoms with Crippen molar-refractivity contribution in [2.45, 2.75) is 26.4 Å². The monoisotopic (exact) mass is 181 g/mol. The third-order valence-electron chi connectivity index (χ3n) is 2.18. The molecule has 3 heteroatoms. The molecule has 1 aromatic rings. The first-order valence-electron chi connectivity index (χ1n) is 4.37. The molecule has 0 saturated heterocycles. The van der Waals surface area contributed by atoms with Crippen molar-refractivity contribution in [3.05, 3.63) is 33.7 Å². The van der Waals surface area contributed by atoms with Gasteiger partial charge in [-0.2, -0.15) is 0 Å². The molecule has 0 aliphatic rings. The van der Waals surface area contributed by atoms with Gasteiger partial charge in [-0.15, -0.1) is 0 Å². The second kappa shape index (κ2) is 3.75. The van der Waals surface area contributed by atoms with Crippen molar-refractivity contribution < 1.29 is 5.11 Å². The maximum atomic E-state index is 11.5. The number of pyridine rings is 1. The summed E-state index contributed by atoms with van der Waals surface area (Å²) in [7, 11) is 1.73. The van der Waals surface area contributed by atoms with Gasteiger partial charge >= 0.3 is 0 Å². The number of hydrogen-bond donors (Lipinski definition) is 1. The van der Waals surface area contributed by atoms with Gasteiger partial charge in [0.2, 0.25) is 0 Å². The fourth-order valence-electron chi connectivity index (χ4n) is 1.40. The zero-order chi connectivity index (χ0) is 10.0. The predicted octanol–water partition coefficient (Wildman–Crippen LogP) is 1.00. The van der Waals surface area contributed by atoms with E-state index in [1.54, 1.807) is 17.7 Å². The normalized spacial score (nSPS) is 10.8.